The number of carboxylic acids is 1. The van der Waals surface area contributed by atoms with Crippen molar-refractivity contribution in [2.24, 2.45) is 0 Å². The predicted octanol–water partition coefficient (Wildman–Crippen LogP) is 0.948. The molecule has 0 radical (unpaired) electrons. The Morgan fingerprint density at radius 3 is 2.67 bits per heavy atom. The van der Waals surface area contributed by atoms with E-state index in [4.69, 9.17) is 5.11 Å². The number of hydrogen-bond donors (Lipinski definition) is 2. The van der Waals surface area contributed by atoms with E-state index in [1.54, 1.807) is 0 Å². The molecule has 0 saturated carbocycles. The maximum absolute atomic E-state index is 12.1. The molecule has 0 bridgehead atoms. The highest BCUT2D eigenvalue weighted by Gasteiger charge is 2.32. The second-order valence-corrected chi connectivity index (χ2v) is 6.41. The topological polar surface area (TPSA) is 86.7 Å². The summed E-state index contributed by atoms with van der Waals surface area (Å²) in [5.74, 6) is -1.12. The molecule has 0 amide bonds. The lowest BCUT2D eigenvalue weighted by Crippen LogP contribution is -2.52. The summed E-state index contributed by atoms with van der Waals surface area (Å²) in [4.78, 5) is 11.0. The van der Waals surface area contributed by atoms with Crippen molar-refractivity contribution in [1.29, 1.82) is 0 Å². The fourth-order valence-corrected chi connectivity index (χ4v) is 3.86. The molecular formula is C11H22N2O4S. The zero-order valence-electron chi connectivity index (χ0n) is 10.9. The molecule has 0 spiro atoms. The van der Waals surface area contributed by atoms with Gasteiger partial charge in [0.1, 0.15) is 6.04 Å². The quantitative estimate of drug-likeness (QED) is 0.757. The number of carbonyl (C=O) groups is 1. The lowest BCUT2D eigenvalue weighted by atomic mass is 10.1. The molecule has 0 aromatic rings. The zero-order valence-corrected chi connectivity index (χ0v) is 11.7. The first-order valence-corrected chi connectivity index (χ1v) is 7.84. The van der Waals surface area contributed by atoms with Crippen LogP contribution in [0.25, 0.3) is 0 Å². The highest BCUT2D eigenvalue weighted by Crippen LogP contribution is 2.19. The number of aliphatic carboxylic acids is 1. The van der Waals surface area contributed by atoms with E-state index < -0.39 is 22.2 Å². The van der Waals surface area contributed by atoms with Crippen LogP contribution in [0.5, 0.6) is 0 Å². The molecular weight excluding hydrogens is 256 g/mol. The summed E-state index contributed by atoms with van der Waals surface area (Å²) < 4.78 is 27.9. The van der Waals surface area contributed by atoms with Crippen molar-refractivity contribution < 1.29 is 18.3 Å². The van der Waals surface area contributed by atoms with Gasteiger partial charge in [-0.2, -0.15) is 17.4 Å². The largest absolute Gasteiger partial charge is 0.480 e. The van der Waals surface area contributed by atoms with E-state index in [2.05, 4.69) is 4.72 Å². The number of carboxylic acid groups (broad SMARTS) is 1. The maximum Gasteiger partial charge on any atom is 0.321 e. The van der Waals surface area contributed by atoms with Crippen LogP contribution < -0.4 is 4.72 Å². The Hall–Kier alpha value is -0.660. The van der Waals surface area contributed by atoms with E-state index in [1.807, 2.05) is 13.8 Å². The number of hydrogen-bond acceptors (Lipinski definition) is 3. The second-order valence-electron chi connectivity index (χ2n) is 4.76. The summed E-state index contributed by atoms with van der Waals surface area (Å²) >= 11 is 0. The minimum atomic E-state index is -3.70. The summed E-state index contributed by atoms with van der Waals surface area (Å²) in [6.07, 6.45) is 3.60. The minimum Gasteiger partial charge on any atom is -0.480 e. The Kier molecular flexibility index (Phi) is 5.55. The van der Waals surface area contributed by atoms with Crippen molar-refractivity contribution in [3.05, 3.63) is 0 Å². The zero-order chi connectivity index (χ0) is 13.8. The standard InChI is InChI=1S/C11H22N2O4S/c1-3-6-10(11(14)15)12-18(16,17)13-8-5-4-7-9(13)2/h9-10,12H,3-8H2,1-2H3,(H,14,15)/t9?,10-/m1/s1. The van der Waals surface area contributed by atoms with Crippen LogP contribution in [0.4, 0.5) is 0 Å². The van der Waals surface area contributed by atoms with Crippen molar-refractivity contribution in [3.8, 4) is 0 Å². The highest BCUT2D eigenvalue weighted by atomic mass is 32.2. The highest BCUT2D eigenvalue weighted by molar-refractivity contribution is 7.87. The molecule has 106 valence electrons. The summed E-state index contributed by atoms with van der Waals surface area (Å²) in [6.45, 7) is 4.15. The molecule has 1 aliphatic rings. The average Bonchev–Trinajstić information content (AvgIpc) is 2.28. The molecule has 2 atom stereocenters. The van der Waals surface area contributed by atoms with Gasteiger partial charge in [0.05, 0.1) is 0 Å². The fourth-order valence-electron chi connectivity index (χ4n) is 2.20. The van der Waals surface area contributed by atoms with Gasteiger partial charge in [0.2, 0.25) is 0 Å². The first-order chi connectivity index (χ1) is 8.38. The van der Waals surface area contributed by atoms with Gasteiger partial charge < -0.3 is 5.11 Å². The van der Waals surface area contributed by atoms with Crippen LogP contribution in [-0.2, 0) is 15.0 Å². The SMILES string of the molecule is CCC[C@@H](NS(=O)(=O)N1CCCCC1C)C(=O)O. The third-order valence-electron chi connectivity index (χ3n) is 3.22. The molecule has 1 unspecified atom stereocenters. The number of piperidine rings is 1. The molecule has 0 aliphatic carbocycles. The lowest BCUT2D eigenvalue weighted by molar-refractivity contribution is -0.139. The van der Waals surface area contributed by atoms with Crippen LogP contribution in [0.3, 0.4) is 0 Å². The van der Waals surface area contributed by atoms with Crippen LogP contribution in [0.1, 0.15) is 46.0 Å². The normalized spacial score (nSPS) is 23.8. The number of rotatable bonds is 6. The molecule has 1 rings (SSSR count). The van der Waals surface area contributed by atoms with E-state index in [0.29, 0.717) is 19.4 Å². The Morgan fingerprint density at radius 1 is 1.50 bits per heavy atom. The van der Waals surface area contributed by atoms with Gasteiger partial charge in [-0.25, -0.2) is 0 Å². The van der Waals surface area contributed by atoms with E-state index in [0.717, 1.165) is 19.3 Å². The molecule has 1 saturated heterocycles. The van der Waals surface area contributed by atoms with Crippen LogP contribution in [0, 0.1) is 0 Å². The van der Waals surface area contributed by atoms with Gasteiger partial charge in [0.15, 0.2) is 0 Å². The van der Waals surface area contributed by atoms with E-state index in [-0.39, 0.29) is 6.04 Å². The number of nitrogens with one attached hydrogen (secondary N) is 1. The lowest BCUT2D eigenvalue weighted by Gasteiger charge is -2.33. The molecule has 0 aromatic carbocycles. The summed E-state index contributed by atoms with van der Waals surface area (Å²) in [7, 11) is -3.70. The molecule has 2 N–H and O–H groups in total. The van der Waals surface area contributed by atoms with Crippen molar-refractivity contribution in [3.63, 3.8) is 0 Å². The van der Waals surface area contributed by atoms with Crippen molar-refractivity contribution in [2.45, 2.75) is 58.0 Å². The molecule has 6 nitrogen and oxygen atoms in total. The molecule has 7 heteroatoms. The van der Waals surface area contributed by atoms with E-state index in [1.165, 1.54) is 4.31 Å². The smallest absolute Gasteiger partial charge is 0.321 e. The Bertz CT molecular complexity index is 383. The van der Waals surface area contributed by atoms with Gasteiger partial charge in [-0.05, 0) is 26.2 Å². The predicted molar refractivity (Wildman–Crippen MR) is 68.4 cm³/mol. The summed E-state index contributed by atoms with van der Waals surface area (Å²) in [5, 5.41) is 8.99. The van der Waals surface area contributed by atoms with E-state index in [9.17, 15) is 13.2 Å². The second kappa shape index (κ2) is 6.49. The van der Waals surface area contributed by atoms with Crippen LogP contribution >= 0.6 is 0 Å². The van der Waals surface area contributed by atoms with Gasteiger partial charge >= 0.3 is 5.97 Å². The van der Waals surface area contributed by atoms with Crippen LogP contribution in [0.15, 0.2) is 0 Å². The van der Waals surface area contributed by atoms with Crippen LogP contribution in [0.2, 0.25) is 0 Å². The van der Waals surface area contributed by atoms with Gasteiger partial charge in [-0.1, -0.05) is 19.8 Å². The molecule has 1 heterocycles. The molecule has 1 fully saturated rings. The maximum atomic E-state index is 12.1. The fraction of sp³-hybridized carbons (Fsp3) is 0.909. The Balaban J connectivity index is 2.75. The Labute approximate surface area is 109 Å². The summed E-state index contributed by atoms with van der Waals surface area (Å²) in [5.41, 5.74) is 0. The Morgan fingerprint density at radius 2 is 2.17 bits per heavy atom. The van der Waals surface area contributed by atoms with Gasteiger partial charge in [-0.15, -0.1) is 0 Å². The summed E-state index contributed by atoms with van der Waals surface area (Å²) in [6, 6.07) is -1.10. The minimum absolute atomic E-state index is 0.0627. The van der Waals surface area contributed by atoms with Crippen molar-refractivity contribution >= 4 is 16.2 Å². The van der Waals surface area contributed by atoms with Gasteiger partial charge in [0.25, 0.3) is 10.2 Å². The van der Waals surface area contributed by atoms with Crippen LogP contribution in [-0.4, -0.2) is 42.4 Å². The van der Waals surface area contributed by atoms with Crippen molar-refractivity contribution in [2.75, 3.05) is 6.54 Å². The molecule has 1 aliphatic heterocycles. The first kappa shape index (κ1) is 15.4. The average molecular weight is 278 g/mol. The van der Waals surface area contributed by atoms with Gasteiger partial charge in [-0.3, -0.25) is 4.79 Å². The third kappa shape index (κ3) is 3.93. The molecule has 0 aromatic heterocycles. The van der Waals surface area contributed by atoms with Gasteiger partial charge in [0, 0.05) is 12.6 Å². The van der Waals surface area contributed by atoms with Crippen molar-refractivity contribution in [1.82, 2.24) is 9.03 Å². The first-order valence-electron chi connectivity index (χ1n) is 6.40. The number of nitrogens with zero attached hydrogens (tertiary/aromatic N) is 1. The third-order valence-corrected chi connectivity index (χ3v) is 4.96. The molecule has 18 heavy (non-hydrogen) atoms. The van der Waals surface area contributed by atoms with E-state index >= 15 is 0 Å². The monoisotopic (exact) mass is 278 g/mol.